The molecule has 4 nitrogen and oxygen atoms in total. The van der Waals surface area contributed by atoms with Crippen molar-refractivity contribution in [3.63, 3.8) is 0 Å². The lowest BCUT2D eigenvalue weighted by molar-refractivity contribution is 0.149. The second-order valence-electron chi connectivity index (χ2n) is 3.37. The van der Waals surface area contributed by atoms with E-state index in [1.807, 2.05) is 0 Å². The number of fused-ring (bicyclic) bond motifs is 1. The molecule has 2 rings (SSSR count). The quantitative estimate of drug-likeness (QED) is 0.553. The largest absolute Gasteiger partial charge is 0.465 e. The maximum absolute atomic E-state index is 10.5. The van der Waals surface area contributed by atoms with Gasteiger partial charge in [-0.15, -0.1) is 0 Å². The fraction of sp³-hybridized carbons (Fsp3) is 0.857. The molecule has 0 bridgehead atoms. The molecule has 2 aliphatic rings. The van der Waals surface area contributed by atoms with Gasteiger partial charge in [0.15, 0.2) is 0 Å². The highest BCUT2D eigenvalue weighted by Crippen LogP contribution is 2.44. The van der Waals surface area contributed by atoms with Gasteiger partial charge in [-0.3, -0.25) is 0 Å². The van der Waals surface area contributed by atoms with E-state index in [9.17, 15) is 4.79 Å². The molecule has 2 fully saturated rings. The van der Waals surface area contributed by atoms with Crippen molar-refractivity contribution in [2.75, 3.05) is 20.1 Å². The summed E-state index contributed by atoms with van der Waals surface area (Å²) < 4.78 is 0. The van der Waals surface area contributed by atoms with Gasteiger partial charge in [0.25, 0.3) is 0 Å². The first kappa shape index (κ1) is 6.91. The predicted octanol–water partition coefficient (Wildman–Crippen LogP) is -0.186. The third-order valence-electron chi connectivity index (χ3n) is 2.80. The summed E-state index contributed by atoms with van der Waals surface area (Å²) >= 11 is 0. The molecule has 1 saturated carbocycles. The molecule has 62 valence electrons. The molecule has 0 aromatic rings. The Labute approximate surface area is 65.2 Å². The number of carboxylic acid groups (broad SMARTS) is 1. The molecular weight excluding hydrogens is 144 g/mol. The second kappa shape index (κ2) is 2.11. The molecule has 2 atom stereocenters. The summed E-state index contributed by atoms with van der Waals surface area (Å²) in [4.78, 5) is 12.0. The van der Waals surface area contributed by atoms with Gasteiger partial charge in [0.1, 0.15) is 0 Å². The zero-order valence-corrected chi connectivity index (χ0v) is 6.45. The van der Waals surface area contributed by atoms with E-state index in [-0.39, 0.29) is 0 Å². The first-order valence-corrected chi connectivity index (χ1v) is 3.88. The van der Waals surface area contributed by atoms with E-state index in [1.54, 1.807) is 7.05 Å². The number of hydrogen-bond acceptors (Lipinski definition) is 2. The van der Waals surface area contributed by atoms with Crippen LogP contribution in [-0.4, -0.2) is 42.3 Å². The average Bonchev–Trinajstić information content (AvgIpc) is 2.41. The maximum Gasteiger partial charge on any atom is 0.407 e. The number of piperidine rings is 1. The summed E-state index contributed by atoms with van der Waals surface area (Å²) in [7, 11) is 1.66. The van der Waals surface area contributed by atoms with Crippen molar-refractivity contribution >= 4 is 6.09 Å². The summed E-state index contributed by atoms with van der Waals surface area (Å²) in [5, 5.41) is 11.9. The molecule has 0 spiro atoms. The monoisotopic (exact) mass is 156 g/mol. The summed E-state index contributed by atoms with van der Waals surface area (Å²) in [6, 6.07) is 0.300. The summed E-state index contributed by atoms with van der Waals surface area (Å²) in [5.41, 5.74) is 0. The van der Waals surface area contributed by atoms with Crippen LogP contribution in [0.4, 0.5) is 4.79 Å². The van der Waals surface area contributed by atoms with Gasteiger partial charge in [0.2, 0.25) is 0 Å². The standard InChI is InChI=1S/C7H12N2O2/c1-9(7(10)11)6-4-2-8-3-5(4)6/h4-6,8H,2-3H2,1H3,(H,10,11). The number of hydrogen-bond donors (Lipinski definition) is 2. The molecule has 1 aliphatic carbocycles. The molecule has 1 saturated heterocycles. The minimum absolute atomic E-state index is 0.300. The molecule has 11 heavy (non-hydrogen) atoms. The van der Waals surface area contributed by atoms with Crippen LogP contribution < -0.4 is 5.32 Å². The van der Waals surface area contributed by atoms with Crippen LogP contribution in [0.1, 0.15) is 0 Å². The van der Waals surface area contributed by atoms with Gasteiger partial charge < -0.3 is 15.3 Å². The normalized spacial score (nSPS) is 39.9. The number of nitrogens with zero attached hydrogens (tertiary/aromatic N) is 1. The molecule has 1 amide bonds. The van der Waals surface area contributed by atoms with Crippen LogP contribution in [0.25, 0.3) is 0 Å². The summed E-state index contributed by atoms with van der Waals surface area (Å²) in [5.74, 6) is 1.19. The Balaban J connectivity index is 1.95. The molecular formula is C7H12N2O2. The lowest BCUT2D eigenvalue weighted by Crippen LogP contribution is -2.33. The zero-order valence-electron chi connectivity index (χ0n) is 6.45. The van der Waals surface area contributed by atoms with Gasteiger partial charge >= 0.3 is 6.09 Å². The molecule has 2 N–H and O–H groups in total. The number of amides is 1. The molecule has 2 unspecified atom stereocenters. The summed E-state index contributed by atoms with van der Waals surface area (Å²) in [6.45, 7) is 1.99. The number of nitrogens with one attached hydrogen (secondary N) is 1. The molecule has 0 radical (unpaired) electrons. The zero-order chi connectivity index (χ0) is 8.01. The SMILES string of the molecule is CN(C(=O)O)C1C2CNCC21. The van der Waals surface area contributed by atoms with E-state index in [0.717, 1.165) is 13.1 Å². The van der Waals surface area contributed by atoms with Gasteiger partial charge in [0.05, 0.1) is 0 Å². The third kappa shape index (κ3) is 0.894. The minimum atomic E-state index is -0.801. The van der Waals surface area contributed by atoms with Gasteiger partial charge in [-0.2, -0.15) is 0 Å². The van der Waals surface area contributed by atoms with Crippen molar-refractivity contribution in [3.05, 3.63) is 0 Å². The minimum Gasteiger partial charge on any atom is -0.465 e. The van der Waals surface area contributed by atoms with Crippen molar-refractivity contribution in [1.82, 2.24) is 10.2 Å². The Hall–Kier alpha value is -0.770. The van der Waals surface area contributed by atoms with Crippen molar-refractivity contribution in [2.24, 2.45) is 11.8 Å². The average molecular weight is 156 g/mol. The smallest absolute Gasteiger partial charge is 0.407 e. The van der Waals surface area contributed by atoms with Crippen LogP contribution in [0, 0.1) is 11.8 Å². The van der Waals surface area contributed by atoms with Gasteiger partial charge in [-0.05, 0) is 11.8 Å². The Morgan fingerprint density at radius 1 is 1.55 bits per heavy atom. The molecule has 1 heterocycles. The third-order valence-corrected chi connectivity index (χ3v) is 2.80. The van der Waals surface area contributed by atoms with Crippen LogP contribution in [0.5, 0.6) is 0 Å². The van der Waals surface area contributed by atoms with E-state index >= 15 is 0 Å². The van der Waals surface area contributed by atoms with Gasteiger partial charge in [0, 0.05) is 26.2 Å². The van der Waals surface area contributed by atoms with E-state index in [4.69, 9.17) is 5.11 Å². The van der Waals surface area contributed by atoms with Crippen LogP contribution >= 0.6 is 0 Å². The molecule has 1 aliphatic heterocycles. The van der Waals surface area contributed by atoms with Crippen LogP contribution in [0.3, 0.4) is 0 Å². The Kier molecular flexibility index (Phi) is 1.32. The lowest BCUT2D eigenvalue weighted by atomic mass is 10.4. The van der Waals surface area contributed by atoms with E-state index in [1.165, 1.54) is 4.90 Å². The Morgan fingerprint density at radius 3 is 2.55 bits per heavy atom. The van der Waals surface area contributed by atoms with Crippen LogP contribution in [0.15, 0.2) is 0 Å². The van der Waals surface area contributed by atoms with Gasteiger partial charge in [-0.25, -0.2) is 4.79 Å². The number of rotatable bonds is 1. The Bertz CT molecular complexity index is 185. The molecule has 0 aromatic carbocycles. The predicted molar refractivity (Wildman–Crippen MR) is 39.4 cm³/mol. The van der Waals surface area contributed by atoms with Crippen molar-refractivity contribution < 1.29 is 9.90 Å². The topological polar surface area (TPSA) is 52.6 Å². The van der Waals surface area contributed by atoms with Crippen LogP contribution in [0.2, 0.25) is 0 Å². The van der Waals surface area contributed by atoms with E-state index in [2.05, 4.69) is 5.32 Å². The maximum atomic E-state index is 10.5. The fourth-order valence-corrected chi connectivity index (χ4v) is 2.09. The summed E-state index contributed by atoms with van der Waals surface area (Å²) in [6.07, 6.45) is -0.801. The highest BCUT2D eigenvalue weighted by molar-refractivity contribution is 5.65. The highest BCUT2D eigenvalue weighted by atomic mass is 16.4. The Morgan fingerprint density at radius 2 is 2.09 bits per heavy atom. The molecule has 4 heteroatoms. The second-order valence-corrected chi connectivity index (χ2v) is 3.37. The highest BCUT2D eigenvalue weighted by Gasteiger charge is 2.56. The van der Waals surface area contributed by atoms with E-state index < -0.39 is 6.09 Å². The van der Waals surface area contributed by atoms with E-state index in [0.29, 0.717) is 17.9 Å². The van der Waals surface area contributed by atoms with Crippen molar-refractivity contribution in [1.29, 1.82) is 0 Å². The van der Waals surface area contributed by atoms with Crippen molar-refractivity contribution in [3.8, 4) is 0 Å². The first-order chi connectivity index (χ1) is 5.22. The van der Waals surface area contributed by atoms with Crippen LogP contribution in [-0.2, 0) is 0 Å². The first-order valence-electron chi connectivity index (χ1n) is 3.88. The molecule has 0 aromatic heterocycles. The lowest BCUT2D eigenvalue weighted by Gasteiger charge is -2.14. The van der Waals surface area contributed by atoms with Crippen molar-refractivity contribution in [2.45, 2.75) is 6.04 Å². The fourth-order valence-electron chi connectivity index (χ4n) is 2.09. The number of carbonyl (C=O) groups is 1. The van der Waals surface area contributed by atoms with Gasteiger partial charge in [-0.1, -0.05) is 0 Å².